The van der Waals surface area contributed by atoms with E-state index in [1.54, 1.807) is 0 Å². The number of anilines is 3. The summed E-state index contributed by atoms with van der Waals surface area (Å²) in [6.45, 7) is 0. The summed E-state index contributed by atoms with van der Waals surface area (Å²) in [4.78, 5) is 2.33. The zero-order valence-corrected chi connectivity index (χ0v) is 23.7. The molecule has 0 heterocycles. The molecule has 43 heavy (non-hydrogen) atoms. The van der Waals surface area contributed by atoms with Crippen LogP contribution < -0.4 is 4.90 Å². The number of nitrogens with zero attached hydrogens (tertiary/aromatic N) is 1. The summed E-state index contributed by atoms with van der Waals surface area (Å²) >= 11 is 0. The Hall–Kier alpha value is -5.66. The predicted octanol–water partition coefficient (Wildman–Crippen LogP) is 11.9. The van der Waals surface area contributed by atoms with Crippen molar-refractivity contribution in [3.63, 3.8) is 0 Å². The first-order chi connectivity index (χ1) is 21.3. The summed E-state index contributed by atoms with van der Waals surface area (Å²) in [5.74, 6) is 0. The van der Waals surface area contributed by atoms with E-state index >= 15 is 0 Å². The van der Waals surface area contributed by atoms with Crippen molar-refractivity contribution < 1.29 is 0 Å². The van der Waals surface area contributed by atoms with Gasteiger partial charge in [0.1, 0.15) is 0 Å². The van der Waals surface area contributed by atoms with Crippen molar-refractivity contribution in [2.24, 2.45) is 0 Å². The topological polar surface area (TPSA) is 3.24 Å². The third kappa shape index (κ3) is 4.81. The van der Waals surface area contributed by atoms with Crippen molar-refractivity contribution in [3.05, 3.63) is 176 Å². The number of para-hydroxylation sites is 1. The van der Waals surface area contributed by atoms with Crippen LogP contribution in [-0.4, -0.2) is 0 Å². The molecule has 0 unspecified atom stereocenters. The van der Waals surface area contributed by atoms with Gasteiger partial charge in [-0.05, 0) is 109 Å². The lowest BCUT2D eigenvalue weighted by molar-refractivity contribution is 1.29. The van der Waals surface area contributed by atoms with Crippen LogP contribution in [0.15, 0.2) is 176 Å². The van der Waals surface area contributed by atoms with E-state index in [0.717, 1.165) is 17.1 Å². The van der Waals surface area contributed by atoms with E-state index < -0.39 is 0 Å². The highest BCUT2D eigenvalue weighted by Gasteiger charge is 2.13. The molecule has 1 nitrogen and oxygen atoms in total. The van der Waals surface area contributed by atoms with E-state index in [2.05, 4.69) is 181 Å². The lowest BCUT2D eigenvalue weighted by atomic mass is 9.96. The summed E-state index contributed by atoms with van der Waals surface area (Å²) in [5.41, 5.74) is 8.30. The first-order valence-corrected chi connectivity index (χ1v) is 14.8. The van der Waals surface area contributed by atoms with Crippen LogP contribution in [0.4, 0.5) is 17.1 Å². The minimum Gasteiger partial charge on any atom is -0.310 e. The Morgan fingerprint density at radius 2 is 0.628 bits per heavy atom. The number of rotatable bonds is 5. The number of hydrogen-bond donors (Lipinski definition) is 0. The predicted molar refractivity (Wildman–Crippen MR) is 185 cm³/mol. The normalized spacial score (nSPS) is 11.3. The van der Waals surface area contributed by atoms with E-state index in [-0.39, 0.29) is 0 Å². The maximum absolute atomic E-state index is 2.33. The maximum Gasteiger partial charge on any atom is 0.0468 e. The second-order valence-corrected chi connectivity index (χ2v) is 11.1. The molecule has 0 amide bonds. The van der Waals surface area contributed by atoms with Gasteiger partial charge >= 0.3 is 0 Å². The zero-order valence-electron chi connectivity index (χ0n) is 23.7. The Morgan fingerprint density at radius 3 is 1.26 bits per heavy atom. The minimum absolute atomic E-state index is 1.13. The quantitative estimate of drug-likeness (QED) is 0.207. The van der Waals surface area contributed by atoms with Crippen LogP contribution in [0.5, 0.6) is 0 Å². The second-order valence-electron chi connectivity index (χ2n) is 11.1. The average Bonchev–Trinajstić information content (AvgIpc) is 3.08. The van der Waals surface area contributed by atoms with Gasteiger partial charge < -0.3 is 4.90 Å². The van der Waals surface area contributed by atoms with E-state index in [1.807, 2.05) is 0 Å². The fourth-order valence-corrected chi connectivity index (χ4v) is 6.12. The van der Waals surface area contributed by atoms with Gasteiger partial charge in [-0.15, -0.1) is 0 Å². The third-order valence-electron chi connectivity index (χ3n) is 8.39. The SMILES string of the molecule is c1ccc(N(c2ccc(-c3ccc4ccc(-c5ccc6ccccc6c5)cc4c3)cc2)c2ccc3ccccc3c2)cc1. The maximum atomic E-state index is 2.33. The van der Waals surface area contributed by atoms with Crippen molar-refractivity contribution in [1.82, 2.24) is 0 Å². The number of fused-ring (bicyclic) bond motifs is 3. The highest BCUT2D eigenvalue weighted by atomic mass is 15.1. The summed E-state index contributed by atoms with van der Waals surface area (Å²) in [5, 5.41) is 7.50. The summed E-state index contributed by atoms with van der Waals surface area (Å²) in [6.07, 6.45) is 0. The van der Waals surface area contributed by atoms with E-state index in [1.165, 1.54) is 54.6 Å². The molecule has 0 aliphatic rings. The van der Waals surface area contributed by atoms with Crippen molar-refractivity contribution in [3.8, 4) is 22.3 Å². The second kappa shape index (κ2) is 10.6. The van der Waals surface area contributed by atoms with Crippen LogP contribution in [0.25, 0.3) is 54.6 Å². The van der Waals surface area contributed by atoms with Crippen LogP contribution in [0, 0.1) is 0 Å². The molecule has 0 atom stereocenters. The van der Waals surface area contributed by atoms with Gasteiger partial charge in [0.2, 0.25) is 0 Å². The summed E-state index contributed by atoms with van der Waals surface area (Å²) < 4.78 is 0. The molecule has 8 aromatic rings. The van der Waals surface area contributed by atoms with Crippen LogP contribution in [0.1, 0.15) is 0 Å². The molecule has 8 aromatic carbocycles. The van der Waals surface area contributed by atoms with Gasteiger partial charge in [0.25, 0.3) is 0 Å². The van der Waals surface area contributed by atoms with Crippen LogP contribution in [-0.2, 0) is 0 Å². The Kier molecular flexibility index (Phi) is 6.20. The highest BCUT2D eigenvalue weighted by Crippen LogP contribution is 2.37. The molecular weight excluding hydrogens is 518 g/mol. The van der Waals surface area contributed by atoms with Crippen LogP contribution in [0.2, 0.25) is 0 Å². The molecule has 0 bridgehead atoms. The molecule has 0 N–H and O–H groups in total. The first-order valence-electron chi connectivity index (χ1n) is 14.8. The van der Waals surface area contributed by atoms with Gasteiger partial charge in [0, 0.05) is 17.1 Å². The molecule has 0 aromatic heterocycles. The zero-order chi connectivity index (χ0) is 28.6. The Bertz CT molecular complexity index is 2230. The monoisotopic (exact) mass is 547 g/mol. The molecular formula is C42H29N. The van der Waals surface area contributed by atoms with Crippen molar-refractivity contribution >= 4 is 49.4 Å². The van der Waals surface area contributed by atoms with Crippen molar-refractivity contribution in [2.45, 2.75) is 0 Å². The standard InChI is InChI=1S/C42H29N/c1-2-12-40(13-3-1)43(42-25-22-31-9-5-7-11-35(31)29-42)41-23-20-32(21-24-41)36-17-15-33-16-19-38(28-39(33)27-36)37-18-14-30-8-4-6-10-34(30)26-37/h1-29H. The fourth-order valence-electron chi connectivity index (χ4n) is 6.12. The molecule has 0 spiro atoms. The van der Waals surface area contributed by atoms with Crippen molar-refractivity contribution in [1.29, 1.82) is 0 Å². The van der Waals surface area contributed by atoms with Gasteiger partial charge in [-0.3, -0.25) is 0 Å². The molecule has 0 aliphatic heterocycles. The van der Waals surface area contributed by atoms with Crippen LogP contribution in [0.3, 0.4) is 0 Å². The van der Waals surface area contributed by atoms with Gasteiger partial charge in [-0.1, -0.05) is 121 Å². The smallest absolute Gasteiger partial charge is 0.0468 e. The largest absolute Gasteiger partial charge is 0.310 e. The molecule has 0 saturated carbocycles. The molecule has 1 heteroatoms. The van der Waals surface area contributed by atoms with Gasteiger partial charge in [-0.2, -0.15) is 0 Å². The Labute approximate surface area is 251 Å². The third-order valence-corrected chi connectivity index (χ3v) is 8.39. The molecule has 202 valence electrons. The lowest BCUT2D eigenvalue weighted by Crippen LogP contribution is -2.09. The number of benzene rings is 8. The number of hydrogen-bond acceptors (Lipinski definition) is 1. The van der Waals surface area contributed by atoms with Gasteiger partial charge in [0.15, 0.2) is 0 Å². The summed E-state index contributed by atoms with van der Waals surface area (Å²) in [6, 6.07) is 63.5. The fraction of sp³-hybridized carbons (Fsp3) is 0. The average molecular weight is 548 g/mol. The summed E-state index contributed by atoms with van der Waals surface area (Å²) in [7, 11) is 0. The Balaban J connectivity index is 1.15. The molecule has 0 fully saturated rings. The highest BCUT2D eigenvalue weighted by molar-refractivity contribution is 5.94. The van der Waals surface area contributed by atoms with Crippen molar-refractivity contribution in [2.75, 3.05) is 4.90 Å². The molecule has 0 radical (unpaired) electrons. The Morgan fingerprint density at radius 1 is 0.233 bits per heavy atom. The van der Waals surface area contributed by atoms with Gasteiger partial charge in [-0.25, -0.2) is 0 Å². The first kappa shape index (κ1) is 25.1. The van der Waals surface area contributed by atoms with Gasteiger partial charge in [0.05, 0.1) is 0 Å². The van der Waals surface area contributed by atoms with Crippen LogP contribution >= 0.6 is 0 Å². The van der Waals surface area contributed by atoms with E-state index in [4.69, 9.17) is 0 Å². The van der Waals surface area contributed by atoms with E-state index in [0.29, 0.717) is 0 Å². The molecule has 0 aliphatic carbocycles. The molecule has 8 rings (SSSR count). The van der Waals surface area contributed by atoms with E-state index in [9.17, 15) is 0 Å². The minimum atomic E-state index is 1.13. The lowest BCUT2D eigenvalue weighted by Gasteiger charge is -2.26. The molecule has 0 saturated heterocycles.